The lowest BCUT2D eigenvalue weighted by Crippen LogP contribution is -2.17. The number of anilines is 1. The van der Waals surface area contributed by atoms with Gasteiger partial charge in [0.05, 0.1) is 16.8 Å². The van der Waals surface area contributed by atoms with Gasteiger partial charge in [-0.3, -0.25) is 15.5 Å². The van der Waals surface area contributed by atoms with Crippen LogP contribution in [0.3, 0.4) is 0 Å². The number of benzene rings is 2. The number of phenols is 1. The Hall–Kier alpha value is -2.89. The van der Waals surface area contributed by atoms with Crippen LogP contribution in [0.5, 0.6) is 5.75 Å². The maximum Gasteiger partial charge on any atom is 0.269 e. The van der Waals surface area contributed by atoms with Crippen molar-refractivity contribution in [2.24, 2.45) is 5.10 Å². The van der Waals surface area contributed by atoms with Crippen LogP contribution in [0, 0.1) is 10.1 Å². The van der Waals surface area contributed by atoms with Crippen LogP contribution >= 0.6 is 0 Å². The van der Waals surface area contributed by atoms with E-state index in [4.69, 9.17) is 0 Å². The first-order valence-corrected chi connectivity index (χ1v) is 8.81. The number of aromatic hydroxyl groups is 1. The molecule has 0 aliphatic rings. The van der Waals surface area contributed by atoms with Gasteiger partial charge in [0.15, 0.2) is 0 Å². The highest BCUT2D eigenvalue weighted by Crippen LogP contribution is 2.39. The van der Waals surface area contributed by atoms with E-state index in [1.165, 1.54) is 12.1 Å². The second kappa shape index (κ2) is 7.39. The van der Waals surface area contributed by atoms with E-state index in [9.17, 15) is 15.2 Å². The molecule has 0 amide bonds. The van der Waals surface area contributed by atoms with Crippen LogP contribution in [0.25, 0.3) is 0 Å². The summed E-state index contributed by atoms with van der Waals surface area (Å²) in [6.07, 6.45) is 1.69. The van der Waals surface area contributed by atoms with Gasteiger partial charge < -0.3 is 5.11 Å². The lowest BCUT2D eigenvalue weighted by atomic mass is 9.78. The van der Waals surface area contributed by atoms with Gasteiger partial charge in [0, 0.05) is 23.3 Å². The van der Waals surface area contributed by atoms with Crippen molar-refractivity contribution in [2.75, 3.05) is 5.43 Å². The van der Waals surface area contributed by atoms with Gasteiger partial charge in [-0.1, -0.05) is 41.5 Å². The van der Waals surface area contributed by atoms with Gasteiger partial charge in [0.2, 0.25) is 0 Å². The molecule has 0 unspecified atom stereocenters. The Morgan fingerprint density at radius 1 is 1.00 bits per heavy atom. The molecule has 27 heavy (non-hydrogen) atoms. The molecule has 2 aromatic carbocycles. The normalized spacial score (nSPS) is 12.4. The Balaban J connectivity index is 2.32. The van der Waals surface area contributed by atoms with Crippen LogP contribution in [0.2, 0.25) is 0 Å². The molecule has 0 heterocycles. The maximum absolute atomic E-state index is 10.7. The molecule has 6 nitrogen and oxygen atoms in total. The Morgan fingerprint density at radius 3 is 1.89 bits per heavy atom. The number of hydrogen-bond donors (Lipinski definition) is 2. The second-order valence-corrected chi connectivity index (χ2v) is 8.64. The van der Waals surface area contributed by atoms with Gasteiger partial charge >= 0.3 is 0 Å². The molecular weight excluding hydrogens is 342 g/mol. The molecule has 0 atom stereocenters. The predicted molar refractivity (Wildman–Crippen MR) is 110 cm³/mol. The van der Waals surface area contributed by atoms with Gasteiger partial charge in [-0.25, -0.2) is 0 Å². The zero-order valence-electron chi connectivity index (χ0n) is 16.7. The zero-order chi connectivity index (χ0) is 20.4. The van der Waals surface area contributed by atoms with Crippen molar-refractivity contribution in [2.45, 2.75) is 52.4 Å². The molecule has 0 saturated carbocycles. The summed E-state index contributed by atoms with van der Waals surface area (Å²) in [5.41, 5.74) is 5.75. The van der Waals surface area contributed by atoms with Crippen LogP contribution < -0.4 is 5.43 Å². The summed E-state index contributed by atoms with van der Waals surface area (Å²) >= 11 is 0. The van der Waals surface area contributed by atoms with Crippen molar-refractivity contribution in [3.8, 4) is 5.75 Å². The first-order valence-electron chi connectivity index (χ1n) is 8.81. The van der Waals surface area contributed by atoms with Gasteiger partial charge in [0.25, 0.3) is 5.69 Å². The SMILES string of the molecule is CC(C)(C)c1cc(/C=N/Nc2ccc([N+](=O)[O-])cc2)cc(C(C)(C)C)c1O. The largest absolute Gasteiger partial charge is 0.507 e. The quantitative estimate of drug-likeness (QED) is 0.432. The van der Waals surface area contributed by atoms with Gasteiger partial charge in [-0.15, -0.1) is 0 Å². The smallest absolute Gasteiger partial charge is 0.269 e. The van der Waals surface area contributed by atoms with Gasteiger partial charge in [-0.05, 0) is 40.7 Å². The number of hydrogen-bond acceptors (Lipinski definition) is 5. The number of nitrogens with one attached hydrogen (secondary N) is 1. The number of nitro benzene ring substituents is 1. The van der Waals surface area contributed by atoms with Crippen molar-refractivity contribution in [3.05, 3.63) is 63.2 Å². The molecule has 0 aliphatic carbocycles. The van der Waals surface area contributed by atoms with E-state index in [1.807, 2.05) is 12.1 Å². The number of phenolic OH excluding ortho intramolecular Hbond substituents is 1. The van der Waals surface area contributed by atoms with Gasteiger partial charge in [-0.2, -0.15) is 5.10 Å². The molecule has 0 fully saturated rings. The van der Waals surface area contributed by atoms with E-state index in [0.717, 1.165) is 16.7 Å². The fraction of sp³-hybridized carbons (Fsp3) is 0.381. The molecule has 2 aromatic rings. The summed E-state index contributed by atoms with van der Waals surface area (Å²) in [5.74, 6) is 0.329. The van der Waals surface area contributed by atoms with Crippen LogP contribution in [0.15, 0.2) is 41.5 Å². The number of hydrazone groups is 1. The van der Waals surface area contributed by atoms with Crippen molar-refractivity contribution in [1.29, 1.82) is 0 Å². The summed E-state index contributed by atoms with van der Waals surface area (Å²) in [6.45, 7) is 12.4. The molecule has 0 bridgehead atoms. The average Bonchev–Trinajstić information content (AvgIpc) is 2.54. The summed E-state index contributed by atoms with van der Waals surface area (Å²) in [7, 11) is 0. The molecule has 2 rings (SSSR count). The second-order valence-electron chi connectivity index (χ2n) is 8.64. The highest BCUT2D eigenvalue weighted by atomic mass is 16.6. The molecular formula is C21H27N3O3. The fourth-order valence-electron chi connectivity index (χ4n) is 2.71. The van der Waals surface area contributed by atoms with E-state index in [0.29, 0.717) is 11.4 Å². The molecule has 0 spiro atoms. The zero-order valence-corrected chi connectivity index (χ0v) is 16.7. The van der Waals surface area contributed by atoms with Crippen molar-refractivity contribution < 1.29 is 10.0 Å². The lowest BCUT2D eigenvalue weighted by molar-refractivity contribution is -0.384. The number of non-ortho nitro benzene ring substituents is 1. The Labute approximate surface area is 160 Å². The third-order valence-corrected chi connectivity index (χ3v) is 4.23. The van der Waals surface area contributed by atoms with Crippen molar-refractivity contribution >= 4 is 17.6 Å². The average molecular weight is 369 g/mol. The fourth-order valence-corrected chi connectivity index (χ4v) is 2.71. The minimum absolute atomic E-state index is 0.0349. The molecule has 0 saturated heterocycles. The summed E-state index contributed by atoms with van der Waals surface area (Å²) in [4.78, 5) is 10.3. The third kappa shape index (κ3) is 5.06. The molecule has 0 radical (unpaired) electrons. The van der Waals surface area contributed by atoms with E-state index < -0.39 is 4.92 Å². The summed E-state index contributed by atoms with van der Waals surface area (Å²) < 4.78 is 0. The Kier molecular flexibility index (Phi) is 5.59. The highest BCUT2D eigenvalue weighted by Gasteiger charge is 2.26. The van der Waals surface area contributed by atoms with Gasteiger partial charge in [0.1, 0.15) is 5.75 Å². The Bertz CT molecular complexity index is 823. The van der Waals surface area contributed by atoms with Crippen LogP contribution in [-0.4, -0.2) is 16.2 Å². The highest BCUT2D eigenvalue weighted by molar-refractivity contribution is 5.82. The molecule has 2 N–H and O–H groups in total. The lowest BCUT2D eigenvalue weighted by Gasteiger charge is -2.27. The Morgan fingerprint density at radius 2 is 1.48 bits per heavy atom. The predicted octanol–water partition coefficient (Wildman–Crippen LogP) is 5.34. The number of rotatable bonds is 4. The monoisotopic (exact) mass is 369 g/mol. The summed E-state index contributed by atoms with van der Waals surface area (Å²) in [5, 5.41) is 25.7. The van der Waals surface area contributed by atoms with Crippen LogP contribution in [0.1, 0.15) is 58.2 Å². The minimum atomic E-state index is -0.439. The first kappa shape index (κ1) is 20.4. The summed E-state index contributed by atoms with van der Waals surface area (Å²) in [6, 6.07) is 9.93. The van der Waals surface area contributed by atoms with E-state index >= 15 is 0 Å². The number of nitro groups is 1. The molecule has 6 heteroatoms. The standard InChI is InChI=1S/C21H27N3O3/c1-20(2,3)17-11-14(12-18(19(17)25)21(4,5)6)13-22-23-15-7-9-16(10-8-15)24(26)27/h7-13,23,25H,1-6H3/b22-13+. The molecule has 0 aromatic heterocycles. The maximum atomic E-state index is 10.7. The van der Waals surface area contributed by atoms with E-state index in [2.05, 4.69) is 52.1 Å². The molecule has 144 valence electrons. The van der Waals surface area contributed by atoms with E-state index in [1.54, 1.807) is 18.3 Å². The van der Waals surface area contributed by atoms with E-state index in [-0.39, 0.29) is 16.5 Å². The van der Waals surface area contributed by atoms with Crippen molar-refractivity contribution in [1.82, 2.24) is 0 Å². The van der Waals surface area contributed by atoms with Crippen LogP contribution in [-0.2, 0) is 10.8 Å². The van der Waals surface area contributed by atoms with Crippen molar-refractivity contribution in [3.63, 3.8) is 0 Å². The van der Waals surface area contributed by atoms with Crippen LogP contribution in [0.4, 0.5) is 11.4 Å². The first-order chi connectivity index (χ1) is 12.4. The number of nitrogens with zero attached hydrogens (tertiary/aromatic N) is 2. The minimum Gasteiger partial charge on any atom is -0.507 e. The molecule has 0 aliphatic heterocycles. The third-order valence-electron chi connectivity index (χ3n) is 4.23. The topological polar surface area (TPSA) is 87.8 Å².